The van der Waals surface area contributed by atoms with Crippen LogP contribution in [0.3, 0.4) is 0 Å². The second kappa shape index (κ2) is 10.0. The van der Waals surface area contributed by atoms with E-state index < -0.39 is 0 Å². The summed E-state index contributed by atoms with van der Waals surface area (Å²) in [4.78, 5) is 10.7. The molecule has 0 fully saturated rings. The molecule has 0 aromatic heterocycles. The lowest BCUT2D eigenvalue weighted by Crippen LogP contribution is -1.98. The molecule has 0 heterocycles. The van der Waals surface area contributed by atoms with E-state index >= 15 is 0 Å². The molecular weight excluding hydrogens is 176 g/mol. The van der Waals surface area contributed by atoms with Crippen molar-refractivity contribution in [1.29, 1.82) is 0 Å². The zero-order valence-electron chi connectivity index (χ0n) is 9.00. The summed E-state index contributed by atoms with van der Waals surface area (Å²) in [6, 6.07) is 0. The molecule has 14 heavy (non-hydrogen) atoms. The van der Waals surface area contributed by atoms with Gasteiger partial charge >= 0.3 is 5.97 Å². The second-order valence-electron chi connectivity index (χ2n) is 3.17. The van der Waals surface area contributed by atoms with Gasteiger partial charge in [-0.1, -0.05) is 24.6 Å². The molecule has 0 aromatic carbocycles. The lowest BCUT2D eigenvalue weighted by atomic mass is 10.1. The van der Waals surface area contributed by atoms with Gasteiger partial charge in [0.1, 0.15) is 0 Å². The van der Waals surface area contributed by atoms with Crippen molar-refractivity contribution in [3.05, 3.63) is 24.8 Å². The maximum absolute atomic E-state index is 10.7. The predicted octanol–water partition coefficient (Wildman–Crippen LogP) is 3.24. The third kappa shape index (κ3) is 9.04. The fourth-order valence-corrected chi connectivity index (χ4v) is 1.12. The molecule has 0 rings (SSSR count). The Hall–Kier alpha value is -1.05. The second-order valence-corrected chi connectivity index (χ2v) is 3.17. The quantitative estimate of drug-likeness (QED) is 0.338. The van der Waals surface area contributed by atoms with Crippen LogP contribution in [-0.4, -0.2) is 13.1 Å². The number of hydrogen-bond acceptors (Lipinski definition) is 2. The standard InChI is InChI=1S/C12H20O2/c1-3-4-5-6-7-8-9-10-11-12(13)14-2/h3,5-6H,1,4,7-11H2,2H3/b6-5+. The Bertz CT molecular complexity index is 183. The van der Waals surface area contributed by atoms with Gasteiger partial charge in [-0.15, -0.1) is 6.58 Å². The van der Waals surface area contributed by atoms with Gasteiger partial charge in [0.15, 0.2) is 0 Å². The van der Waals surface area contributed by atoms with Gasteiger partial charge in [-0.05, 0) is 25.7 Å². The molecule has 0 radical (unpaired) electrons. The highest BCUT2D eigenvalue weighted by molar-refractivity contribution is 5.68. The lowest BCUT2D eigenvalue weighted by Gasteiger charge is -1.97. The zero-order valence-corrected chi connectivity index (χ0v) is 9.00. The van der Waals surface area contributed by atoms with Gasteiger partial charge in [0, 0.05) is 6.42 Å². The Morgan fingerprint density at radius 2 is 2.07 bits per heavy atom. The van der Waals surface area contributed by atoms with Gasteiger partial charge in [-0.2, -0.15) is 0 Å². The van der Waals surface area contributed by atoms with E-state index in [1.165, 1.54) is 7.11 Å². The van der Waals surface area contributed by atoms with E-state index in [1.807, 2.05) is 6.08 Å². The van der Waals surface area contributed by atoms with Crippen LogP contribution in [0.15, 0.2) is 24.8 Å². The Balaban J connectivity index is 3.13. The zero-order chi connectivity index (χ0) is 10.6. The molecule has 0 aromatic rings. The summed E-state index contributed by atoms with van der Waals surface area (Å²) in [5.74, 6) is -0.104. The molecule has 0 aliphatic heterocycles. The van der Waals surface area contributed by atoms with Crippen LogP contribution in [0.25, 0.3) is 0 Å². The van der Waals surface area contributed by atoms with Gasteiger partial charge in [0.05, 0.1) is 7.11 Å². The van der Waals surface area contributed by atoms with E-state index in [2.05, 4.69) is 23.5 Å². The van der Waals surface area contributed by atoms with Gasteiger partial charge in [0.25, 0.3) is 0 Å². The van der Waals surface area contributed by atoms with Crippen molar-refractivity contribution < 1.29 is 9.53 Å². The number of hydrogen-bond donors (Lipinski definition) is 0. The number of esters is 1. The summed E-state index contributed by atoms with van der Waals surface area (Å²) in [6.45, 7) is 3.63. The summed E-state index contributed by atoms with van der Waals surface area (Å²) in [7, 11) is 1.43. The molecule has 0 aliphatic carbocycles. The number of rotatable bonds is 8. The SMILES string of the molecule is C=CC/C=C/CCCCCC(=O)OC. The molecule has 0 atom stereocenters. The first-order valence-corrected chi connectivity index (χ1v) is 5.14. The monoisotopic (exact) mass is 196 g/mol. The van der Waals surface area contributed by atoms with Crippen LogP contribution in [0.2, 0.25) is 0 Å². The molecule has 0 N–H and O–H groups in total. The lowest BCUT2D eigenvalue weighted by molar-refractivity contribution is -0.140. The molecule has 0 aliphatic rings. The van der Waals surface area contributed by atoms with Crippen molar-refractivity contribution in [1.82, 2.24) is 0 Å². The van der Waals surface area contributed by atoms with Crippen LogP contribution < -0.4 is 0 Å². The normalized spacial score (nSPS) is 10.4. The Kier molecular flexibility index (Phi) is 9.28. The number of ether oxygens (including phenoxy) is 1. The summed E-state index contributed by atoms with van der Waals surface area (Å²) >= 11 is 0. The molecule has 2 nitrogen and oxygen atoms in total. The van der Waals surface area contributed by atoms with E-state index in [1.54, 1.807) is 0 Å². The van der Waals surface area contributed by atoms with Crippen molar-refractivity contribution in [3.63, 3.8) is 0 Å². The minimum Gasteiger partial charge on any atom is -0.469 e. The molecule has 0 amide bonds. The fraction of sp³-hybridized carbons (Fsp3) is 0.583. The molecule has 80 valence electrons. The largest absolute Gasteiger partial charge is 0.469 e. The van der Waals surface area contributed by atoms with Crippen LogP contribution in [0.1, 0.15) is 38.5 Å². The third-order valence-corrected chi connectivity index (χ3v) is 1.95. The maximum atomic E-state index is 10.7. The summed E-state index contributed by atoms with van der Waals surface area (Å²) in [5.41, 5.74) is 0. The topological polar surface area (TPSA) is 26.3 Å². The first kappa shape index (κ1) is 12.9. The van der Waals surface area contributed by atoms with Crippen molar-refractivity contribution in [2.24, 2.45) is 0 Å². The molecule has 0 spiro atoms. The molecule has 0 saturated heterocycles. The van der Waals surface area contributed by atoms with Gasteiger partial charge in [0.2, 0.25) is 0 Å². The van der Waals surface area contributed by atoms with Crippen LogP contribution in [0.4, 0.5) is 0 Å². The van der Waals surface area contributed by atoms with Crippen LogP contribution in [0.5, 0.6) is 0 Å². The fourth-order valence-electron chi connectivity index (χ4n) is 1.12. The predicted molar refractivity (Wildman–Crippen MR) is 59.1 cm³/mol. The van der Waals surface area contributed by atoms with Crippen molar-refractivity contribution >= 4 is 5.97 Å². The number of carbonyl (C=O) groups excluding carboxylic acids is 1. The number of allylic oxidation sites excluding steroid dienone is 3. The highest BCUT2D eigenvalue weighted by Crippen LogP contribution is 2.04. The molecule has 0 bridgehead atoms. The Labute approximate surface area is 86.6 Å². The average Bonchev–Trinajstić information content (AvgIpc) is 2.21. The Morgan fingerprint density at radius 1 is 1.29 bits per heavy atom. The van der Waals surface area contributed by atoms with Gasteiger partial charge in [-0.25, -0.2) is 0 Å². The van der Waals surface area contributed by atoms with Crippen molar-refractivity contribution in [3.8, 4) is 0 Å². The summed E-state index contributed by atoms with van der Waals surface area (Å²) < 4.78 is 4.55. The summed E-state index contributed by atoms with van der Waals surface area (Å²) in [6.07, 6.45) is 11.9. The van der Waals surface area contributed by atoms with Crippen LogP contribution >= 0.6 is 0 Å². The van der Waals surface area contributed by atoms with E-state index in [0.29, 0.717) is 6.42 Å². The summed E-state index contributed by atoms with van der Waals surface area (Å²) in [5, 5.41) is 0. The molecule has 0 saturated carbocycles. The number of carbonyl (C=O) groups is 1. The van der Waals surface area contributed by atoms with Crippen molar-refractivity contribution in [2.45, 2.75) is 38.5 Å². The van der Waals surface area contributed by atoms with E-state index in [-0.39, 0.29) is 5.97 Å². The first-order valence-electron chi connectivity index (χ1n) is 5.14. The number of unbranched alkanes of at least 4 members (excludes halogenated alkanes) is 3. The van der Waals surface area contributed by atoms with Crippen molar-refractivity contribution in [2.75, 3.05) is 7.11 Å². The minimum atomic E-state index is -0.104. The average molecular weight is 196 g/mol. The van der Waals surface area contributed by atoms with Gasteiger partial charge < -0.3 is 4.74 Å². The first-order chi connectivity index (χ1) is 6.81. The van der Waals surface area contributed by atoms with E-state index in [4.69, 9.17) is 0 Å². The smallest absolute Gasteiger partial charge is 0.305 e. The minimum absolute atomic E-state index is 0.104. The third-order valence-electron chi connectivity index (χ3n) is 1.95. The highest BCUT2D eigenvalue weighted by atomic mass is 16.5. The number of methoxy groups -OCH3 is 1. The van der Waals surface area contributed by atoms with Gasteiger partial charge in [-0.3, -0.25) is 4.79 Å². The highest BCUT2D eigenvalue weighted by Gasteiger charge is 1.97. The van der Waals surface area contributed by atoms with Crippen LogP contribution in [0, 0.1) is 0 Å². The molecular formula is C12H20O2. The Morgan fingerprint density at radius 3 is 2.71 bits per heavy atom. The molecule has 0 unspecified atom stereocenters. The molecule has 2 heteroatoms. The van der Waals surface area contributed by atoms with Crippen LogP contribution in [-0.2, 0) is 9.53 Å². The maximum Gasteiger partial charge on any atom is 0.305 e. The van der Waals surface area contributed by atoms with E-state index in [0.717, 1.165) is 32.1 Å². The van der Waals surface area contributed by atoms with E-state index in [9.17, 15) is 4.79 Å².